The van der Waals surface area contributed by atoms with Crippen molar-refractivity contribution in [3.8, 4) is 0 Å². The number of hydrogen-bond donors (Lipinski definition) is 2. The zero-order chi connectivity index (χ0) is 14.1. The van der Waals surface area contributed by atoms with Crippen molar-refractivity contribution in [1.82, 2.24) is 9.88 Å². The molecule has 2 fully saturated rings. The number of amides is 1. The highest BCUT2D eigenvalue weighted by Gasteiger charge is 2.26. The van der Waals surface area contributed by atoms with E-state index in [0.717, 1.165) is 11.7 Å². The highest BCUT2D eigenvalue weighted by atomic mass is 32.1. The molecule has 20 heavy (non-hydrogen) atoms. The molecule has 3 N–H and O–H groups in total. The Balaban J connectivity index is 1.63. The molecule has 2 saturated carbocycles. The first-order chi connectivity index (χ1) is 9.63. The van der Waals surface area contributed by atoms with E-state index in [4.69, 9.17) is 5.73 Å². The second kappa shape index (κ2) is 5.60. The maximum atomic E-state index is 12.4. The monoisotopic (exact) mass is 294 g/mol. The van der Waals surface area contributed by atoms with Crippen molar-refractivity contribution in [3.63, 3.8) is 0 Å². The number of thiazole rings is 1. The Morgan fingerprint density at radius 2 is 2.10 bits per heavy atom. The van der Waals surface area contributed by atoms with Crippen molar-refractivity contribution in [2.24, 2.45) is 5.92 Å². The molecule has 0 unspecified atom stereocenters. The van der Waals surface area contributed by atoms with E-state index in [1.165, 1.54) is 49.9 Å². The van der Waals surface area contributed by atoms with Gasteiger partial charge in [0, 0.05) is 19.6 Å². The fraction of sp³-hybridized carbons (Fsp3) is 0.714. The molecule has 1 aromatic heterocycles. The Kier molecular flexibility index (Phi) is 3.83. The second-order valence-electron chi connectivity index (χ2n) is 5.99. The zero-order valence-electron chi connectivity index (χ0n) is 11.9. The number of carbonyl (C=O) groups is 1. The summed E-state index contributed by atoms with van der Waals surface area (Å²) in [6, 6.07) is 0.510. The molecule has 6 heteroatoms. The fourth-order valence-corrected chi connectivity index (χ4v) is 3.55. The van der Waals surface area contributed by atoms with Gasteiger partial charge in [-0.1, -0.05) is 17.8 Å². The number of carbonyl (C=O) groups excluding carboxylic acids is 1. The summed E-state index contributed by atoms with van der Waals surface area (Å²) in [5.74, 6) is 1.04. The molecule has 0 saturated heterocycles. The molecule has 1 amide bonds. The number of aromatic nitrogens is 1. The summed E-state index contributed by atoms with van der Waals surface area (Å²) in [5, 5.41) is 4.14. The first-order valence-corrected chi connectivity index (χ1v) is 8.23. The minimum absolute atomic E-state index is 0.00793. The van der Waals surface area contributed by atoms with E-state index in [0.29, 0.717) is 22.7 Å². The van der Waals surface area contributed by atoms with E-state index in [2.05, 4.69) is 10.3 Å². The van der Waals surface area contributed by atoms with Gasteiger partial charge in [0.05, 0.1) is 0 Å². The number of anilines is 2. The first kappa shape index (κ1) is 13.7. The van der Waals surface area contributed by atoms with Gasteiger partial charge in [-0.25, -0.2) is 4.98 Å². The van der Waals surface area contributed by atoms with Crippen LogP contribution in [-0.4, -0.2) is 35.4 Å². The molecule has 0 radical (unpaired) electrons. The van der Waals surface area contributed by atoms with Crippen LogP contribution in [0.5, 0.6) is 0 Å². The van der Waals surface area contributed by atoms with Crippen molar-refractivity contribution in [2.45, 2.75) is 44.6 Å². The van der Waals surface area contributed by atoms with Crippen molar-refractivity contribution >= 4 is 28.2 Å². The summed E-state index contributed by atoms with van der Waals surface area (Å²) in [5.41, 5.74) is 5.90. The predicted octanol–water partition coefficient (Wildman–Crippen LogP) is 2.56. The molecule has 1 heterocycles. The third kappa shape index (κ3) is 2.75. The van der Waals surface area contributed by atoms with Gasteiger partial charge in [0.2, 0.25) is 0 Å². The molecule has 2 aliphatic rings. The van der Waals surface area contributed by atoms with Crippen LogP contribution in [0.4, 0.5) is 10.9 Å². The van der Waals surface area contributed by atoms with Gasteiger partial charge in [-0.2, -0.15) is 0 Å². The first-order valence-electron chi connectivity index (χ1n) is 7.42. The summed E-state index contributed by atoms with van der Waals surface area (Å²) >= 11 is 1.39. The van der Waals surface area contributed by atoms with E-state index >= 15 is 0 Å². The highest BCUT2D eigenvalue weighted by Crippen LogP contribution is 2.31. The van der Waals surface area contributed by atoms with Crippen LogP contribution in [0.3, 0.4) is 0 Å². The van der Waals surface area contributed by atoms with Gasteiger partial charge >= 0.3 is 0 Å². The fourth-order valence-electron chi connectivity index (χ4n) is 2.59. The minimum atomic E-state index is 0.00793. The maximum Gasteiger partial charge on any atom is 0.267 e. The van der Waals surface area contributed by atoms with Gasteiger partial charge in [0.15, 0.2) is 5.13 Å². The van der Waals surface area contributed by atoms with Crippen LogP contribution in [0.1, 0.15) is 48.2 Å². The Bertz CT molecular complexity index is 493. The topological polar surface area (TPSA) is 71.2 Å². The normalized spacial score (nSPS) is 19.2. The molecule has 3 rings (SSSR count). The average Bonchev–Trinajstić information content (AvgIpc) is 2.68. The van der Waals surface area contributed by atoms with Gasteiger partial charge in [0.1, 0.15) is 10.7 Å². The lowest BCUT2D eigenvalue weighted by atomic mass is 9.85. The van der Waals surface area contributed by atoms with Crippen molar-refractivity contribution in [3.05, 3.63) is 4.88 Å². The summed E-state index contributed by atoms with van der Waals surface area (Å²) in [6.07, 6.45) is 7.42. The van der Waals surface area contributed by atoms with Gasteiger partial charge in [-0.05, 0) is 38.0 Å². The van der Waals surface area contributed by atoms with Gasteiger partial charge in [0.25, 0.3) is 5.91 Å². The maximum absolute atomic E-state index is 12.4. The smallest absolute Gasteiger partial charge is 0.267 e. The Labute approximate surface area is 123 Å². The number of nitrogens with zero attached hydrogens (tertiary/aromatic N) is 2. The van der Waals surface area contributed by atoms with Gasteiger partial charge in [-0.3, -0.25) is 4.79 Å². The third-order valence-corrected chi connectivity index (χ3v) is 5.37. The number of nitrogens with one attached hydrogen (secondary N) is 1. The quantitative estimate of drug-likeness (QED) is 0.875. The molecule has 0 aromatic carbocycles. The van der Waals surface area contributed by atoms with Crippen LogP contribution in [0.25, 0.3) is 0 Å². The number of nitrogens with two attached hydrogens (primary N) is 1. The molecular formula is C14H22N4OS. The number of hydrogen-bond acceptors (Lipinski definition) is 5. The molecule has 110 valence electrons. The predicted molar refractivity (Wildman–Crippen MR) is 82.1 cm³/mol. The van der Waals surface area contributed by atoms with E-state index in [1.807, 2.05) is 7.05 Å². The van der Waals surface area contributed by atoms with Gasteiger partial charge in [-0.15, -0.1) is 0 Å². The number of nitrogen functional groups attached to an aromatic ring is 1. The Morgan fingerprint density at radius 1 is 1.40 bits per heavy atom. The molecule has 0 bridgehead atoms. The van der Waals surface area contributed by atoms with Crippen LogP contribution in [-0.2, 0) is 0 Å². The largest absolute Gasteiger partial charge is 0.382 e. The summed E-state index contributed by atoms with van der Waals surface area (Å²) in [7, 11) is 1.86. The van der Waals surface area contributed by atoms with Crippen LogP contribution >= 0.6 is 11.3 Å². The third-order valence-electron chi connectivity index (χ3n) is 4.38. The summed E-state index contributed by atoms with van der Waals surface area (Å²) in [6.45, 7) is 0.835. The lowest BCUT2D eigenvalue weighted by Crippen LogP contribution is -2.34. The number of rotatable bonds is 5. The van der Waals surface area contributed by atoms with Gasteiger partial charge < -0.3 is 16.0 Å². The molecular weight excluding hydrogens is 272 g/mol. The average molecular weight is 294 g/mol. The highest BCUT2D eigenvalue weighted by molar-refractivity contribution is 7.18. The summed E-state index contributed by atoms with van der Waals surface area (Å²) < 4.78 is 0. The van der Waals surface area contributed by atoms with E-state index in [9.17, 15) is 4.79 Å². The van der Waals surface area contributed by atoms with Crippen LogP contribution in [0.2, 0.25) is 0 Å². The standard InChI is InChI=1S/C14H22N4OS/c1-18(8-9-4-2-5-9)13(19)11-12(15)17-14(20-11)16-10-6-3-7-10/h9-10H,2-8,15H2,1H3,(H,16,17). The second-order valence-corrected chi connectivity index (χ2v) is 6.99. The van der Waals surface area contributed by atoms with E-state index < -0.39 is 0 Å². The molecule has 0 atom stereocenters. The van der Waals surface area contributed by atoms with Crippen molar-refractivity contribution < 1.29 is 4.79 Å². The summed E-state index contributed by atoms with van der Waals surface area (Å²) in [4.78, 5) is 19.1. The lowest BCUT2D eigenvalue weighted by Gasteiger charge is -2.29. The minimum Gasteiger partial charge on any atom is -0.382 e. The van der Waals surface area contributed by atoms with E-state index in [-0.39, 0.29) is 5.91 Å². The SMILES string of the molecule is CN(CC1CCC1)C(=O)c1sc(NC2CCC2)nc1N. The Morgan fingerprint density at radius 3 is 2.65 bits per heavy atom. The van der Waals surface area contributed by atoms with E-state index in [1.54, 1.807) is 4.90 Å². The van der Waals surface area contributed by atoms with Crippen LogP contribution in [0.15, 0.2) is 0 Å². The van der Waals surface area contributed by atoms with Crippen molar-refractivity contribution in [2.75, 3.05) is 24.6 Å². The van der Waals surface area contributed by atoms with Crippen molar-refractivity contribution in [1.29, 1.82) is 0 Å². The zero-order valence-corrected chi connectivity index (χ0v) is 12.7. The van der Waals surface area contributed by atoms with Crippen LogP contribution in [0, 0.1) is 5.92 Å². The lowest BCUT2D eigenvalue weighted by molar-refractivity contribution is 0.0751. The molecule has 0 aliphatic heterocycles. The molecule has 5 nitrogen and oxygen atoms in total. The molecule has 2 aliphatic carbocycles. The molecule has 0 spiro atoms. The Hall–Kier alpha value is -1.30. The molecule has 1 aromatic rings. The van der Waals surface area contributed by atoms with Crippen LogP contribution < -0.4 is 11.1 Å².